The Morgan fingerprint density at radius 2 is 2.05 bits per heavy atom. The molecule has 128 valence electrons. The predicted molar refractivity (Wildman–Crippen MR) is 93.5 cm³/mol. The lowest BCUT2D eigenvalue weighted by molar-refractivity contribution is 0.0183. The van der Waals surface area contributed by atoms with Gasteiger partial charge >= 0.3 is 6.09 Å². The molecule has 1 aliphatic heterocycles. The summed E-state index contributed by atoms with van der Waals surface area (Å²) in [5, 5.41) is 4.62. The first kappa shape index (κ1) is 17.9. The van der Waals surface area contributed by atoms with Crippen LogP contribution in [-0.2, 0) is 4.74 Å². The molecule has 1 heterocycles. The van der Waals surface area contributed by atoms with Gasteiger partial charge in [0.15, 0.2) is 0 Å². The fraction of sp³-hybridized carbons (Fsp3) is 0.941. The van der Waals surface area contributed by atoms with Crippen molar-refractivity contribution in [2.24, 2.45) is 0 Å². The molecule has 22 heavy (non-hydrogen) atoms. The zero-order valence-electron chi connectivity index (χ0n) is 14.6. The topological polar surface area (TPSA) is 41.6 Å². The van der Waals surface area contributed by atoms with Crippen LogP contribution < -0.4 is 5.32 Å². The number of likely N-dealkylation sites (tertiary alicyclic amines) is 1. The van der Waals surface area contributed by atoms with E-state index in [4.69, 9.17) is 4.74 Å². The SMILES string of the molecule is CCSC1CCC(NC2CCCN(C(=O)OC(C)(C)C)C2)C1. The highest BCUT2D eigenvalue weighted by atomic mass is 32.2. The van der Waals surface area contributed by atoms with E-state index in [0.29, 0.717) is 12.1 Å². The predicted octanol–water partition coefficient (Wildman–Crippen LogP) is 3.65. The Balaban J connectivity index is 1.77. The molecule has 2 aliphatic rings. The second-order valence-electron chi connectivity index (χ2n) is 7.52. The molecule has 2 fully saturated rings. The number of nitrogens with zero attached hydrogens (tertiary/aromatic N) is 1. The number of amides is 1. The molecule has 1 amide bonds. The maximum Gasteiger partial charge on any atom is 0.410 e. The second kappa shape index (κ2) is 7.91. The summed E-state index contributed by atoms with van der Waals surface area (Å²) in [5.74, 6) is 1.22. The van der Waals surface area contributed by atoms with Gasteiger partial charge in [0, 0.05) is 30.4 Å². The zero-order valence-corrected chi connectivity index (χ0v) is 15.4. The number of carbonyl (C=O) groups is 1. The van der Waals surface area contributed by atoms with Crippen molar-refractivity contribution in [1.82, 2.24) is 10.2 Å². The molecular weight excluding hydrogens is 296 g/mol. The first-order chi connectivity index (χ1) is 10.4. The Labute approximate surface area is 139 Å². The molecule has 0 aromatic rings. The van der Waals surface area contributed by atoms with Crippen LogP contribution in [0.5, 0.6) is 0 Å². The Bertz CT molecular complexity index is 370. The van der Waals surface area contributed by atoms with Crippen molar-refractivity contribution >= 4 is 17.9 Å². The van der Waals surface area contributed by atoms with E-state index in [2.05, 4.69) is 24.0 Å². The van der Waals surface area contributed by atoms with Gasteiger partial charge in [0.05, 0.1) is 0 Å². The van der Waals surface area contributed by atoms with Crippen molar-refractivity contribution in [2.45, 2.75) is 82.7 Å². The normalized spacial score (nSPS) is 29.6. The maximum atomic E-state index is 12.2. The van der Waals surface area contributed by atoms with E-state index in [1.807, 2.05) is 25.7 Å². The van der Waals surface area contributed by atoms with Gasteiger partial charge in [0.1, 0.15) is 5.60 Å². The van der Waals surface area contributed by atoms with Crippen LogP contribution in [0.15, 0.2) is 0 Å². The van der Waals surface area contributed by atoms with Gasteiger partial charge in [0.25, 0.3) is 0 Å². The lowest BCUT2D eigenvalue weighted by atomic mass is 10.0. The van der Waals surface area contributed by atoms with Gasteiger partial charge in [0.2, 0.25) is 0 Å². The average Bonchev–Trinajstić information content (AvgIpc) is 2.85. The summed E-state index contributed by atoms with van der Waals surface area (Å²) >= 11 is 2.09. The molecule has 0 aromatic heterocycles. The van der Waals surface area contributed by atoms with E-state index in [0.717, 1.165) is 24.8 Å². The highest BCUT2D eigenvalue weighted by Crippen LogP contribution is 2.30. The number of carbonyl (C=O) groups excluding carboxylic acids is 1. The monoisotopic (exact) mass is 328 g/mol. The number of ether oxygens (including phenoxy) is 1. The van der Waals surface area contributed by atoms with Crippen molar-refractivity contribution in [3.8, 4) is 0 Å². The van der Waals surface area contributed by atoms with E-state index in [-0.39, 0.29) is 6.09 Å². The third-order valence-electron chi connectivity index (χ3n) is 4.33. The molecule has 0 radical (unpaired) electrons. The summed E-state index contributed by atoms with van der Waals surface area (Å²) in [7, 11) is 0. The van der Waals surface area contributed by atoms with Crippen LogP contribution in [0.4, 0.5) is 4.79 Å². The quantitative estimate of drug-likeness (QED) is 0.855. The smallest absolute Gasteiger partial charge is 0.410 e. The molecule has 5 heteroatoms. The minimum atomic E-state index is -0.409. The van der Waals surface area contributed by atoms with Crippen LogP contribution in [0.3, 0.4) is 0 Å². The minimum Gasteiger partial charge on any atom is -0.444 e. The van der Waals surface area contributed by atoms with Crippen molar-refractivity contribution in [3.63, 3.8) is 0 Å². The highest BCUT2D eigenvalue weighted by molar-refractivity contribution is 7.99. The summed E-state index contributed by atoms with van der Waals surface area (Å²) in [6, 6.07) is 1.06. The number of thioether (sulfide) groups is 1. The van der Waals surface area contributed by atoms with Crippen LogP contribution in [-0.4, -0.2) is 52.8 Å². The van der Waals surface area contributed by atoms with E-state index in [1.165, 1.54) is 31.4 Å². The molecule has 1 saturated heterocycles. The Kier molecular flexibility index (Phi) is 6.45. The molecule has 0 spiro atoms. The van der Waals surface area contributed by atoms with Crippen molar-refractivity contribution < 1.29 is 9.53 Å². The minimum absolute atomic E-state index is 0.162. The molecule has 3 unspecified atom stereocenters. The van der Waals surface area contributed by atoms with Crippen LogP contribution in [0.1, 0.15) is 59.8 Å². The molecule has 1 aliphatic carbocycles. The largest absolute Gasteiger partial charge is 0.444 e. The van der Waals surface area contributed by atoms with Gasteiger partial charge in [-0.05, 0) is 58.6 Å². The molecule has 4 nitrogen and oxygen atoms in total. The Morgan fingerprint density at radius 3 is 2.73 bits per heavy atom. The summed E-state index contributed by atoms with van der Waals surface area (Å²) in [6.07, 6.45) is 5.96. The van der Waals surface area contributed by atoms with Gasteiger partial charge in [-0.25, -0.2) is 4.79 Å². The number of nitrogens with one attached hydrogen (secondary N) is 1. The summed E-state index contributed by atoms with van der Waals surface area (Å²) in [6.45, 7) is 9.63. The maximum absolute atomic E-state index is 12.2. The molecule has 0 bridgehead atoms. The van der Waals surface area contributed by atoms with Gasteiger partial charge in [-0.3, -0.25) is 0 Å². The summed E-state index contributed by atoms with van der Waals surface area (Å²) in [4.78, 5) is 14.1. The molecule has 0 aromatic carbocycles. The first-order valence-corrected chi connectivity index (χ1v) is 9.78. The first-order valence-electron chi connectivity index (χ1n) is 8.73. The lowest BCUT2D eigenvalue weighted by Crippen LogP contribution is -2.51. The van der Waals surface area contributed by atoms with E-state index in [1.54, 1.807) is 0 Å². The fourth-order valence-corrected chi connectivity index (χ4v) is 4.56. The van der Waals surface area contributed by atoms with Crippen LogP contribution in [0.25, 0.3) is 0 Å². The standard InChI is InChI=1S/C17H32N2O2S/c1-5-22-15-9-8-13(11-15)18-14-7-6-10-19(12-14)16(20)21-17(2,3)4/h13-15,18H,5-12H2,1-4H3. The number of rotatable bonds is 4. The Morgan fingerprint density at radius 1 is 1.27 bits per heavy atom. The van der Waals surface area contributed by atoms with Gasteiger partial charge < -0.3 is 15.0 Å². The third kappa shape index (κ3) is 5.65. The summed E-state index contributed by atoms with van der Waals surface area (Å²) in [5.41, 5.74) is -0.409. The average molecular weight is 329 g/mol. The van der Waals surface area contributed by atoms with Crippen molar-refractivity contribution in [1.29, 1.82) is 0 Å². The van der Waals surface area contributed by atoms with Gasteiger partial charge in [-0.15, -0.1) is 0 Å². The number of hydrogen-bond acceptors (Lipinski definition) is 4. The second-order valence-corrected chi connectivity index (χ2v) is 9.10. The molecule has 1 N–H and O–H groups in total. The number of piperidine rings is 1. The zero-order chi connectivity index (χ0) is 16.2. The van der Waals surface area contributed by atoms with Gasteiger partial charge in [-0.2, -0.15) is 11.8 Å². The third-order valence-corrected chi connectivity index (χ3v) is 5.56. The lowest BCUT2D eigenvalue weighted by Gasteiger charge is -2.35. The number of hydrogen-bond donors (Lipinski definition) is 1. The molecule has 1 saturated carbocycles. The van der Waals surface area contributed by atoms with Crippen molar-refractivity contribution in [3.05, 3.63) is 0 Å². The van der Waals surface area contributed by atoms with Crippen LogP contribution in [0.2, 0.25) is 0 Å². The molecular formula is C17H32N2O2S. The highest BCUT2D eigenvalue weighted by Gasteiger charge is 2.31. The Hall–Kier alpha value is -0.420. The van der Waals surface area contributed by atoms with E-state index < -0.39 is 5.60 Å². The fourth-order valence-electron chi connectivity index (χ4n) is 3.42. The van der Waals surface area contributed by atoms with Gasteiger partial charge in [-0.1, -0.05) is 6.92 Å². The van der Waals surface area contributed by atoms with E-state index >= 15 is 0 Å². The molecule has 2 rings (SSSR count). The van der Waals surface area contributed by atoms with E-state index in [9.17, 15) is 4.79 Å². The summed E-state index contributed by atoms with van der Waals surface area (Å²) < 4.78 is 5.50. The van der Waals surface area contributed by atoms with Crippen LogP contribution in [0, 0.1) is 0 Å². The van der Waals surface area contributed by atoms with Crippen molar-refractivity contribution in [2.75, 3.05) is 18.8 Å². The van der Waals surface area contributed by atoms with Crippen LogP contribution >= 0.6 is 11.8 Å². The molecule has 3 atom stereocenters.